The number of aromatic nitrogens is 1. The molecule has 144 valence electrons. The van der Waals surface area contributed by atoms with Gasteiger partial charge < -0.3 is 15.1 Å². The molecule has 6 heteroatoms. The highest BCUT2D eigenvalue weighted by atomic mass is 32.2. The third kappa shape index (κ3) is 5.71. The zero-order valence-corrected chi connectivity index (χ0v) is 17.0. The number of pyridine rings is 1. The van der Waals surface area contributed by atoms with Gasteiger partial charge >= 0.3 is 0 Å². The van der Waals surface area contributed by atoms with E-state index in [4.69, 9.17) is 0 Å². The Kier molecular flexibility index (Phi) is 7.12. The molecular formula is C21H28N4OS. The minimum Gasteiger partial charge on any atom is -0.378 e. The van der Waals surface area contributed by atoms with Gasteiger partial charge in [-0.1, -0.05) is 12.5 Å². The molecule has 1 saturated heterocycles. The number of carbonyl (C=O) groups excluding carboxylic acids is 1. The zero-order valence-electron chi connectivity index (χ0n) is 16.1. The molecule has 1 amide bonds. The zero-order chi connectivity index (χ0) is 19.1. The molecule has 5 nitrogen and oxygen atoms in total. The number of likely N-dealkylation sites (tertiary alicyclic amines) is 1. The van der Waals surface area contributed by atoms with Gasteiger partial charge in [-0.15, -0.1) is 11.8 Å². The lowest BCUT2D eigenvalue weighted by atomic mass is 10.1. The molecule has 0 atom stereocenters. The van der Waals surface area contributed by atoms with Crippen molar-refractivity contribution in [1.29, 1.82) is 0 Å². The van der Waals surface area contributed by atoms with E-state index in [9.17, 15) is 4.79 Å². The number of thioether (sulfide) groups is 1. The summed E-state index contributed by atoms with van der Waals surface area (Å²) in [5.74, 6) is 0.875. The molecule has 27 heavy (non-hydrogen) atoms. The van der Waals surface area contributed by atoms with Gasteiger partial charge in [0.05, 0.1) is 5.69 Å². The Morgan fingerprint density at radius 2 is 2.00 bits per heavy atom. The second-order valence-corrected chi connectivity index (χ2v) is 8.09. The summed E-state index contributed by atoms with van der Waals surface area (Å²) in [5, 5.41) is 3.91. The minimum atomic E-state index is -0.107. The van der Waals surface area contributed by atoms with E-state index >= 15 is 0 Å². The smallest absolute Gasteiger partial charge is 0.255 e. The lowest BCUT2D eigenvalue weighted by molar-refractivity contribution is 0.102. The largest absolute Gasteiger partial charge is 0.378 e. The van der Waals surface area contributed by atoms with Gasteiger partial charge in [-0.3, -0.25) is 4.79 Å². The Bertz CT molecular complexity index is 759. The van der Waals surface area contributed by atoms with Crippen molar-refractivity contribution in [3.05, 3.63) is 48.2 Å². The highest BCUT2D eigenvalue weighted by molar-refractivity contribution is 7.99. The van der Waals surface area contributed by atoms with Crippen molar-refractivity contribution in [2.24, 2.45) is 0 Å². The number of benzene rings is 1. The van der Waals surface area contributed by atoms with E-state index < -0.39 is 0 Å². The molecule has 2 aromatic rings. The number of nitrogens with one attached hydrogen (secondary N) is 1. The second-order valence-electron chi connectivity index (χ2n) is 7.01. The number of amides is 1. The van der Waals surface area contributed by atoms with Crippen molar-refractivity contribution in [3.8, 4) is 0 Å². The van der Waals surface area contributed by atoms with Gasteiger partial charge in [0.2, 0.25) is 0 Å². The number of nitrogens with zero attached hydrogens (tertiary/aromatic N) is 3. The first-order valence-electron chi connectivity index (χ1n) is 9.52. The molecule has 0 unspecified atom stereocenters. The molecule has 1 aliphatic rings. The molecule has 0 radical (unpaired) electrons. The third-order valence-corrected chi connectivity index (χ3v) is 5.72. The van der Waals surface area contributed by atoms with Crippen LogP contribution in [0.3, 0.4) is 0 Å². The average molecular weight is 385 g/mol. The van der Waals surface area contributed by atoms with Crippen LogP contribution in [-0.2, 0) is 0 Å². The molecule has 0 saturated carbocycles. The molecule has 3 rings (SSSR count). The highest BCUT2D eigenvalue weighted by Crippen LogP contribution is 2.25. The van der Waals surface area contributed by atoms with Crippen molar-refractivity contribution >= 4 is 29.0 Å². The van der Waals surface area contributed by atoms with Crippen LogP contribution in [0.5, 0.6) is 0 Å². The third-order valence-electron chi connectivity index (χ3n) is 4.74. The van der Waals surface area contributed by atoms with E-state index in [1.807, 2.05) is 55.4 Å². The fourth-order valence-electron chi connectivity index (χ4n) is 3.18. The molecule has 1 aromatic carbocycles. The van der Waals surface area contributed by atoms with Crippen LogP contribution in [0, 0.1) is 0 Å². The van der Waals surface area contributed by atoms with Crippen LogP contribution < -0.4 is 10.2 Å². The lowest BCUT2D eigenvalue weighted by Crippen LogP contribution is -2.31. The number of anilines is 2. The van der Waals surface area contributed by atoms with E-state index in [0.717, 1.165) is 28.7 Å². The van der Waals surface area contributed by atoms with Gasteiger partial charge in [0.15, 0.2) is 0 Å². The van der Waals surface area contributed by atoms with E-state index in [1.54, 1.807) is 18.0 Å². The van der Waals surface area contributed by atoms with Gasteiger partial charge in [-0.05, 0) is 56.3 Å². The first-order valence-corrected chi connectivity index (χ1v) is 10.5. The van der Waals surface area contributed by atoms with E-state index in [0.29, 0.717) is 5.56 Å². The Morgan fingerprint density at radius 3 is 2.78 bits per heavy atom. The Balaban J connectivity index is 1.61. The van der Waals surface area contributed by atoms with Crippen LogP contribution in [0.2, 0.25) is 0 Å². The van der Waals surface area contributed by atoms with Crippen LogP contribution in [0.4, 0.5) is 11.4 Å². The Labute approximate surface area is 166 Å². The van der Waals surface area contributed by atoms with Gasteiger partial charge in [0.25, 0.3) is 5.91 Å². The van der Waals surface area contributed by atoms with Crippen LogP contribution in [0.25, 0.3) is 0 Å². The molecule has 2 heterocycles. The van der Waals surface area contributed by atoms with Gasteiger partial charge in [0, 0.05) is 43.8 Å². The summed E-state index contributed by atoms with van der Waals surface area (Å²) in [7, 11) is 3.93. The number of carbonyl (C=O) groups is 1. The summed E-state index contributed by atoms with van der Waals surface area (Å²) < 4.78 is 0. The quantitative estimate of drug-likeness (QED) is 0.732. The summed E-state index contributed by atoms with van der Waals surface area (Å²) in [6, 6.07) is 11.4. The fraction of sp³-hybridized carbons (Fsp3) is 0.429. The predicted molar refractivity (Wildman–Crippen MR) is 114 cm³/mol. The minimum absolute atomic E-state index is 0.107. The predicted octanol–water partition coefficient (Wildman–Crippen LogP) is 3.98. The van der Waals surface area contributed by atoms with Crippen LogP contribution in [0.1, 0.15) is 29.6 Å². The van der Waals surface area contributed by atoms with Gasteiger partial charge in [0.1, 0.15) is 5.03 Å². The maximum absolute atomic E-state index is 12.7. The number of rotatable bonds is 7. The number of piperidine rings is 1. The second kappa shape index (κ2) is 9.76. The van der Waals surface area contributed by atoms with Crippen molar-refractivity contribution in [2.45, 2.75) is 24.3 Å². The summed E-state index contributed by atoms with van der Waals surface area (Å²) in [6.45, 7) is 3.47. The molecule has 1 aliphatic heterocycles. The van der Waals surface area contributed by atoms with E-state index in [2.05, 4.69) is 15.2 Å². The molecule has 1 fully saturated rings. The molecule has 1 aromatic heterocycles. The van der Waals surface area contributed by atoms with Crippen molar-refractivity contribution < 1.29 is 4.79 Å². The van der Waals surface area contributed by atoms with E-state index in [1.165, 1.54) is 32.4 Å². The molecule has 0 aliphatic carbocycles. The van der Waals surface area contributed by atoms with Crippen LogP contribution in [-0.4, -0.2) is 55.3 Å². The number of hydrogen-bond donors (Lipinski definition) is 1. The maximum atomic E-state index is 12.7. The highest BCUT2D eigenvalue weighted by Gasteiger charge is 2.13. The Morgan fingerprint density at radius 1 is 1.19 bits per heavy atom. The summed E-state index contributed by atoms with van der Waals surface area (Å²) in [5.41, 5.74) is 2.43. The molecular weight excluding hydrogens is 356 g/mol. The lowest BCUT2D eigenvalue weighted by Gasteiger charge is -2.26. The van der Waals surface area contributed by atoms with E-state index in [-0.39, 0.29) is 5.91 Å². The summed E-state index contributed by atoms with van der Waals surface area (Å²) >= 11 is 1.71. The van der Waals surface area contributed by atoms with Crippen LogP contribution >= 0.6 is 11.8 Å². The monoisotopic (exact) mass is 384 g/mol. The van der Waals surface area contributed by atoms with Gasteiger partial charge in [-0.25, -0.2) is 4.98 Å². The average Bonchev–Trinajstić information content (AvgIpc) is 2.70. The fourth-order valence-corrected chi connectivity index (χ4v) is 4.13. The maximum Gasteiger partial charge on any atom is 0.255 e. The van der Waals surface area contributed by atoms with Crippen molar-refractivity contribution in [3.63, 3.8) is 0 Å². The molecule has 1 N–H and O–H groups in total. The number of hydrogen-bond acceptors (Lipinski definition) is 5. The molecule has 0 spiro atoms. The normalized spacial score (nSPS) is 14.7. The van der Waals surface area contributed by atoms with Crippen molar-refractivity contribution in [2.75, 3.05) is 49.7 Å². The van der Waals surface area contributed by atoms with Crippen molar-refractivity contribution in [1.82, 2.24) is 9.88 Å². The van der Waals surface area contributed by atoms with Gasteiger partial charge in [-0.2, -0.15) is 0 Å². The summed E-state index contributed by atoms with van der Waals surface area (Å²) in [4.78, 5) is 21.7. The SMILES string of the molecule is CN(C)c1cccc(C(=O)Nc2cccnc2SCCN2CCCCC2)c1. The molecule has 0 bridgehead atoms. The van der Waals surface area contributed by atoms with Crippen LogP contribution in [0.15, 0.2) is 47.6 Å². The first kappa shape index (κ1) is 19.7. The topological polar surface area (TPSA) is 48.5 Å². The first-order chi connectivity index (χ1) is 13.1. The summed E-state index contributed by atoms with van der Waals surface area (Å²) in [6.07, 6.45) is 5.75. The standard InChI is InChI=1S/C21H28N4OS/c1-24(2)18-9-6-8-17(16-18)20(26)23-19-10-7-11-22-21(19)27-15-14-25-12-4-3-5-13-25/h6-11,16H,3-5,12-15H2,1-2H3,(H,23,26). The Hall–Kier alpha value is -2.05.